The zero-order chi connectivity index (χ0) is 12.0. The Labute approximate surface area is 98.5 Å². The quantitative estimate of drug-likeness (QED) is 0.468. The smallest absolute Gasteiger partial charge is 0.191 e. The lowest BCUT2D eigenvalue weighted by molar-refractivity contribution is 0.217. The van der Waals surface area contributed by atoms with Crippen molar-refractivity contribution in [3.63, 3.8) is 0 Å². The Balaban J connectivity index is 2.38. The second-order valence-corrected chi connectivity index (χ2v) is 5.13. The minimum atomic E-state index is 0.0974. The van der Waals surface area contributed by atoms with E-state index in [0.29, 0.717) is 5.92 Å². The van der Waals surface area contributed by atoms with Crippen LogP contribution in [0, 0.1) is 11.3 Å². The van der Waals surface area contributed by atoms with Crippen molar-refractivity contribution < 1.29 is 5.11 Å². The maximum absolute atomic E-state index is 9.21. The van der Waals surface area contributed by atoms with Crippen molar-refractivity contribution in [2.24, 2.45) is 16.3 Å². The second-order valence-electron chi connectivity index (χ2n) is 5.13. The minimum absolute atomic E-state index is 0.0974. The van der Waals surface area contributed by atoms with Crippen molar-refractivity contribution in [3.8, 4) is 0 Å². The highest BCUT2D eigenvalue weighted by molar-refractivity contribution is 5.79. The highest BCUT2D eigenvalue weighted by atomic mass is 16.3. The summed E-state index contributed by atoms with van der Waals surface area (Å²) in [5, 5.41) is 15.7. The number of aliphatic imine (C=N–C) groups is 1. The lowest BCUT2D eigenvalue weighted by Crippen LogP contribution is -2.39. The van der Waals surface area contributed by atoms with Gasteiger partial charge in [-0.1, -0.05) is 13.8 Å². The van der Waals surface area contributed by atoms with Gasteiger partial charge >= 0.3 is 0 Å². The van der Waals surface area contributed by atoms with E-state index in [1.807, 2.05) is 0 Å². The highest BCUT2D eigenvalue weighted by Gasteiger charge is 2.41. The molecule has 0 radical (unpaired) electrons. The maximum atomic E-state index is 9.21. The molecule has 1 aliphatic rings. The fourth-order valence-corrected chi connectivity index (χ4v) is 1.43. The molecule has 0 aromatic carbocycles. The van der Waals surface area contributed by atoms with Crippen molar-refractivity contribution in [1.29, 1.82) is 0 Å². The summed E-state index contributed by atoms with van der Waals surface area (Å²) in [6, 6.07) is 0. The van der Waals surface area contributed by atoms with Crippen molar-refractivity contribution >= 4 is 5.96 Å². The van der Waals surface area contributed by atoms with Gasteiger partial charge in [0.25, 0.3) is 0 Å². The van der Waals surface area contributed by atoms with E-state index in [-0.39, 0.29) is 12.0 Å². The van der Waals surface area contributed by atoms with Gasteiger partial charge in [0.15, 0.2) is 5.96 Å². The first-order chi connectivity index (χ1) is 7.62. The zero-order valence-corrected chi connectivity index (χ0v) is 10.7. The fourth-order valence-electron chi connectivity index (χ4n) is 1.43. The molecule has 94 valence electrons. The van der Waals surface area contributed by atoms with Crippen molar-refractivity contribution in [2.75, 3.05) is 26.2 Å². The van der Waals surface area contributed by atoms with Crippen LogP contribution in [0.3, 0.4) is 0 Å². The second kappa shape index (κ2) is 6.09. The Morgan fingerprint density at radius 2 is 2.06 bits per heavy atom. The molecule has 16 heavy (non-hydrogen) atoms. The van der Waals surface area contributed by atoms with Crippen LogP contribution in [0.1, 0.15) is 33.6 Å². The fraction of sp³-hybridized carbons (Fsp3) is 0.917. The monoisotopic (exact) mass is 227 g/mol. The largest absolute Gasteiger partial charge is 0.396 e. The summed E-state index contributed by atoms with van der Waals surface area (Å²) in [6.07, 6.45) is 2.22. The number of aliphatic hydroxyl groups excluding tert-OH is 1. The van der Waals surface area contributed by atoms with E-state index < -0.39 is 0 Å². The Kier molecular flexibility index (Phi) is 5.06. The van der Waals surface area contributed by atoms with Gasteiger partial charge in [0.05, 0.1) is 13.2 Å². The number of nitrogens with zero attached hydrogens (tertiary/aromatic N) is 1. The maximum Gasteiger partial charge on any atom is 0.191 e. The Morgan fingerprint density at radius 3 is 2.50 bits per heavy atom. The van der Waals surface area contributed by atoms with E-state index in [1.165, 1.54) is 0 Å². The van der Waals surface area contributed by atoms with Crippen LogP contribution in [-0.4, -0.2) is 37.3 Å². The van der Waals surface area contributed by atoms with E-state index in [0.717, 1.165) is 38.4 Å². The lowest BCUT2D eigenvalue weighted by Gasteiger charge is -2.14. The van der Waals surface area contributed by atoms with Crippen LogP contribution in [0.25, 0.3) is 0 Å². The zero-order valence-electron chi connectivity index (χ0n) is 10.7. The summed E-state index contributed by atoms with van der Waals surface area (Å²) < 4.78 is 0. The molecule has 0 aliphatic heterocycles. The Hall–Kier alpha value is -0.770. The average Bonchev–Trinajstić information content (AvgIpc) is 3.03. The molecule has 0 amide bonds. The van der Waals surface area contributed by atoms with Gasteiger partial charge in [0.1, 0.15) is 0 Å². The van der Waals surface area contributed by atoms with E-state index in [4.69, 9.17) is 0 Å². The van der Waals surface area contributed by atoms with E-state index in [1.54, 1.807) is 0 Å². The van der Waals surface area contributed by atoms with E-state index in [2.05, 4.69) is 36.4 Å². The standard InChI is InChI=1S/C12H25N3O/c1-4-13-11(14-7-10(2)3)15-8-12(9-16)5-6-12/h10,16H,4-9H2,1-3H3,(H2,13,14,15). The number of nitrogens with one attached hydrogen (secondary N) is 2. The van der Waals surface area contributed by atoms with Crippen LogP contribution in [0.2, 0.25) is 0 Å². The molecule has 0 aromatic rings. The van der Waals surface area contributed by atoms with Crippen LogP contribution < -0.4 is 10.6 Å². The number of aliphatic hydroxyl groups is 1. The molecular weight excluding hydrogens is 202 g/mol. The van der Waals surface area contributed by atoms with Gasteiger partial charge in [-0.05, 0) is 25.7 Å². The summed E-state index contributed by atoms with van der Waals surface area (Å²) >= 11 is 0. The van der Waals surface area contributed by atoms with Gasteiger partial charge in [-0.3, -0.25) is 4.99 Å². The molecule has 0 heterocycles. The normalized spacial score (nSPS) is 18.7. The lowest BCUT2D eigenvalue weighted by atomic mass is 10.1. The van der Waals surface area contributed by atoms with Crippen LogP contribution >= 0.6 is 0 Å². The molecule has 0 aromatic heterocycles. The van der Waals surface area contributed by atoms with Crippen molar-refractivity contribution in [1.82, 2.24) is 10.6 Å². The summed E-state index contributed by atoms with van der Waals surface area (Å²) in [4.78, 5) is 4.52. The molecule has 0 unspecified atom stereocenters. The van der Waals surface area contributed by atoms with E-state index in [9.17, 15) is 5.11 Å². The summed E-state index contributed by atoms with van der Waals surface area (Å²) in [7, 11) is 0. The highest BCUT2D eigenvalue weighted by Crippen LogP contribution is 2.45. The first-order valence-electron chi connectivity index (χ1n) is 6.25. The molecule has 3 N–H and O–H groups in total. The summed E-state index contributed by atoms with van der Waals surface area (Å²) in [6.45, 7) is 9.20. The van der Waals surface area contributed by atoms with Crippen molar-refractivity contribution in [2.45, 2.75) is 33.6 Å². The third-order valence-electron chi connectivity index (χ3n) is 2.89. The molecule has 4 nitrogen and oxygen atoms in total. The average molecular weight is 227 g/mol. The molecule has 1 saturated carbocycles. The number of hydrogen-bond acceptors (Lipinski definition) is 2. The van der Waals surface area contributed by atoms with Gasteiger partial charge in [0.2, 0.25) is 0 Å². The van der Waals surface area contributed by atoms with Gasteiger partial charge in [0, 0.05) is 18.5 Å². The molecule has 4 heteroatoms. The van der Waals surface area contributed by atoms with E-state index >= 15 is 0 Å². The molecule has 0 atom stereocenters. The molecule has 1 fully saturated rings. The predicted molar refractivity (Wildman–Crippen MR) is 67.6 cm³/mol. The van der Waals surface area contributed by atoms with Gasteiger partial charge in [-0.2, -0.15) is 0 Å². The molecule has 0 spiro atoms. The Bertz CT molecular complexity index is 234. The van der Waals surface area contributed by atoms with Crippen LogP contribution in [0.4, 0.5) is 0 Å². The molecule has 1 aliphatic carbocycles. The van der Waals surface area contributed by atoms with Gasteiger partial charge in [-0.25, -0.2) is 0 Å². The van der Waals surface area contributed by atoms with Gasteiger partial charge in [-0.15, -0.1) is 0 Å². The molecule has 1 rings (SSSR count). The number of rotatable bonds is 6. The summed E-state index contributed by atoms with van der Waals surface area (Å²) in [5.41, 5.74) is 0.0974. The molecular formula is C12H25N3O. The number of hydrogen-bond donors (Lipinski definition) is 3. The third kappa shape index (κ3) is 4.39. The van der Waals surface area contributed by atoms with Gasteiger partial charge < -0.3 is 15.7 Å². The third-order valence-corrected chi connectivity index (χ3v) is 2.89. The number of guanidine groups is 1. The summed E-state index contributed by atoms with van der Waals surface area (Å²) in [5.74, 6) is 1.48. The Morgan fingerprint density at radius 1 is 1.38 bits per heavy atom. The first kappa shape index (κ1) is 13.3. The predicted octanol–water partition coefficient (Wildman–Crippen LogP) is 0.970. The van der Waals surface area contributed by atoms with Crippen LogP contribution in [0.5, 0.6) is 0 Å². The molecule has 0 bridgehead atoms. The first-order valence-corrected chi connectivity index (χ1v) is 6.25. The van der Waals surface area contributed by atoms with Crippen molar-refractivity contribution in [3.05, 3.63) is 0 Å². The topological polar surface area (TPSA) is 56.7 Å². The van der Waals surface area contributed by atoms with Crippen LogP contribution in [0.15, 0.2) is 4.99 Å². The molecule has 0 saturated heterocycles. The van der Waals surface area contributed by atoms with Crippen LogP contribution in [-0.2, 0) is 0 Å². The minimum Gasteiger partial charge on any atom is -0.396 e. The SMILES string of the molecule is CCNC(=NCC1(CO)CC1)NCC(C)C.